The van der Waals surface area contributed by atoms with E-state index in [-0.39, 0.29) is 28.1 Å². The molecule has 0 unspecified atom stereocenters. The van der Waals surface area contributed by atoms with E-state index < -0.39 is 16.3 Å². The molecule has 286 valence electrons. The quantitative estimate of drug-likeness (QED) is 0.171. The zero-order chi connectivity index (χ0) is 37.7. The number of likely N-dealkylation sites (tertiary alicyclic amines) is 2. The lowest BCUT2D eigenvalue weighted by atomic mass is 10.00. The predicted molar refractivity (Wildman–Crippen MR) is 195 cm³/mol. The van der Waals surface area contributed by atoms with Crippen molar-refractivity contribution < 1.29 is 46.3 Å². The van der Waals surface area contributed by atoms with Crippen molar-refractivity contribution in [2.24, 2.45) is 28.1 Å². The van der Waals surface area contributed by atoms with E-state index in [1.54, 1.807) is 25.7 Å². The third kappa shape index (κ3) is 10.5. The van der Waals surface area contributed by atoms with E-state index in [4.69, 9.17) is 9.47 Å². The standard InChI is InChI=1S/C15H19NO3.C15H17NO2.C8H18N2O4S/c17-14-7-6-12-8-16(9-13(12)14)15(18)19-10-11-4-2-1-3-5-11;17-15(18-11-12-5-2-1-3-6-12)16-9-13-7-4-8-14(13)10-16;1-5-10(6-2,7-3)15(12,13)9-8(11)14-4/h1-5,12-14,17H,6-10H2;1-7,13-14H,8-11H2;5-7H2,1-4H3/t12-,13+,14+;13-,14+;/m01./s1. The van der Waals surface area contributed by atoms with Crippen molar-refractivity contribution in [2.75, 3.05) is 52.9 Å². The monoisotopic (exact) mass is 742 g/mol. The fraction of sp³-hybridized carbons (Fsp3) is 0.553. The Morgan fingerprint density at radius 3 is 1.83 bits per heavy atom. The van der Waals surface area contributed by atoms with Crippen LogP contribution in [0.15, 0.2) is 77.2 Å². The third-order valence-corrected chi connectivity index (χ3v) is 12.8. The molecule has 52 heavy (non-hydrogen) atoms. The fourth-order valence-electron chi connectivity index (χ4n) is 7.33. The van der Waals surface area contributed by atoms with Crippen LogP contribution in [0.1, 0.15) is 51.2 Å². The van der Waals surface area contributed by atoms with Crippen LogP contribution in [0.3, 0.4) is 0 Å². The molecule has 0 aromatic heterocycles. The van der Waals surface area contributed by atoms with Crippen LogP contribution in [0, 0.1) is 23.7 Å². The summed E-state index contributed by atoms with van der Waals surface area (Å²) < 4.78 is 41.4. The topological polar surface area (TPSA) is 158 Å². The number of fused-ring (bicyclic) bond motifs is 2. The third-order valence-electron chi connectivity index (χ3n) is 10.6. The number of nitrogens with zero attached hydrogens (tertiary/aromatic N) is 4. The number of carbonyl (C=O) groups is 2. The van der Waals surface area contributed by atoms with Crippen LogP contribution in [0.4, 0.5) is 9.59 Å². The summed E-state index contributed by atoms with van der Waals surface area (Å²) in [6.07, 6.45) is 5.71. The first-order valence-electron chi connectivity index (χ1n) is 18.1. The second-order valence-corrected chi connectivity index (χ2v) is 15.4. The van der Waals surface area contributed by atoms with Crippen LogP contribution >= 0.6 is 0 Å². The molecule has 1 N–H and O–H groups in total. The minimum Gasteiger partial charge on any atom is -0.603 e. The second kappa shape index (κ2) is 19.1. The van der Waals surface area contributed by atoms with Crippen LogP contribution in [0.2, 0.25) is 0 Å². The van der Waals surface area contributed by atoms with Crippen molar-refractivity contribution in [1.29, 1.82) is 0 Å². The summed E-state index contributed by atoms with van der Waals surface area (Å²) in [6, 6.07) is 19.5. The van der Waals surface area contributed by atoms with Gasteiger partial charge in [0.15, 0.2) is 6.08 Å². The number of allylic oxidation sites excluding steroid dienone is 1. The maximum Gasteiger partial charge on any atom is 0.416 e. The summed E-state index contributed by atoms with van der Waals surface area (Å²) in [5, 5.41) is 20.7. The van der Waals surface area contributed by atoms with Gasteiger partial charge in [-0.2, -0.15) is 3.89 Å². The minimum absolute atomic E-state index is 0.179. The molecule has 2 aliphatic carbocycles. The summed E-state index contributed by atoms with van der Waals surface area (Å²) >= 11 is 0. The zero-order valence-electron chi connectivity index (χ0n) is 30.7. The summed E-state index contributed by atoms with van der Waals surface area (Å²) in [4.78, 5) is 27.5. The molecule has 5 atom stereocenters. The van der Waals surface area contributed by atoms with Gasteiger partial charge in [0.1, 0.15) is 13.2 Å². The summed E-state index contributed by atoms with van der Waals surface area (Å²) in [5.41, 5.74) is 2.03. The number of benzene rings is 2. The molecule has 14 heteroatoms. The number of carbonyl (C=O) groups excluding carboxylic acids is 2. The van der Waals surface area contributed by atoms with Gasteiger partial charge >= 0.3 is 22.4 Å². The molecule has 13 nitrogen and oxygen atoms in total. The fourth-order valence-corrected chi connectivity index (χ4v) is 8.74. The summed E-state index contributed by atoms with van der Waals surface area (Å²) in [6.45, 7) is 10.1. The summed E-state index contributed by atoms with van der Waals surface area (Å²) in [7, 11) is -2.76. The number of quaternary nitrogens is 1. The molecule has 2 aromatic carbocycles. The normalized spacial score (nSPS) is 23.5. The average molecular weight is 743 g/mol. The molecule has 1 saturated carbocycles. The number of hydrogen-bond donors (Lipinski definition) is 1. The smallest absolute Gasteiger partial charge is 0.416 e. The molecule has 2 heterocycles. The minimum atomic E-state index is -3.86. The number of hydrogen-bond acceptors (Lipinski definition) is 9. The first-order valence-corrected chi connectivity index (χ1v) is 19.5. The van der Waals surface area contributed by atoms with Crippen LogP contribution in [0.5, 0.6) is 0 Å². The Balaban J connectivity index is 0.000000176. The Labute approximate surface area is 308 Å². The zero-order valence-corrected chi connectivity index (χ0v) is 31.5. The highest BCUT2D eigenvalue weighted by Gasteiger charge is 2.44. The highest BCUT2D eigenvalue weighted by Crippen LogP contribution is 2.38. The molecule has 0 bridgehead atoms. The largest absolute Gasteiger partial charge is 0.603 e. The Morgan fingerprint density at radius 2 is 1.35 bits per heavy atom. The van der Waals surface area contributed by atoms with Crippen molar-refractivity contribution in [3.63, 3.8) is 0 Å². The van der Waals surface area contributed by atoms with Gasteiger partial charge in [-0.05, 0) is 76.0 Å². The Morgan fingerprint density at radius 1 is 0.827 bits per heavy atom. The van der Waals surface area contributed by atoms with Crippen LogP contribution in [0.25, 0.3) is 0 Å². The highest BCUT2D eigenvalue weighted by molar-refractivity contribution is 7.84. The molecular weight excluding hydrogens is 689 g/mol. The molecule has 0 radical (unpaired) electrons. The summed E-state index contributed by atoms with van der Waals surface area (Å²) in [5.74, 6) is 1.88. The average Bonchev–Trinajstić information content (AvgIpc) is 3.95. The maximum absolute atomic E-state index is 12.0. The first kappa shape index (κ1) is 40.6. The molecule has 2 amide bonds. The van der Waals surface area contributed by atoms with E-state index in [9.17, 15) is 28.2 Å². The highest BCUT2D eigenvalue weighted by atomic mass is 32.2. The molecule has 6 rings (SSSR count). The first-order chi connectivity index (χ1) is 25.0. The van der Waals surface area contributed by atoms with Gasteiger partial charge in [-0.1, -0.05) is 77.2 Å². The van der Waals surface area contributed by atoms with Gasteiger partial charge in [0.05, 0.1) is 25.7 Å². The van der Waals surface area contributed by atoms with E-state index in [0.29, 0.717) is 57.1 Å². The van der Waals surface area contributed by atoms with Crippen molar-refractivity contribution in [3.05, 3.63) is 83.9 Å². The van der Waals surface area contributed by atoms with Crippen molar-refractivity contribution in [1.82, 2.24) is 9.80 Å². The predicted octanol–water partition coefficient (Wildman–Crippen LogP) is 4.33. The molecular formula is C38H54N4O9S. The van der Waals surface area contributed by atoms with Crippen molar-refractivity contribution in [2.45, 2.75) is 59.4 Å². The molecule has 4 aliphatic rings. The van der Waals surface area contributed by atoms with Crippen LogP contribution < -0.4 is 5.11 Å². The molecule has 0 spiro atoms. The van der Waals surface area contributed by atoms with Gasteiger partial charge in [0.25, 0.3) is 0 Å². The lowest BCUT2D eigenvalue weighted by molar-refractivity contribution is -0.800. The van der Waals surface area contributed by atoms with Crippen LogP contribution in [-0.2, 0) is 37.6 Å². The maximum atomic E-state index is 12.0. The molecule has 2 saturated heterocycles. The van der Waals surface area contributed by atoms with E-state index in [0.717, 1.165) is 57.1 Å². The van der Waals surface area contributed by atoms with Gasteiger partial charge < -0.3 is 34.2 Å². The van der Waals surface area contributed by atoms with E-state index in [1.165, 1.54) is 0 Å². The van der Waals surface area contributed by atoms with Gasteiger partial charge in [-0.3, -0.25) is 0 Å². The van der Waals surface area contributed by atoms with E-state index in [2.05, 4.69) is 21.3 Å². The van der Waals surface area contributed by atoms with Crippen molar-refractivity contribution in [3.8, 4) is 0 Å². The van der Waals surface area contributed by atoms with Gasteiger partial charge in [0.2, 0.25) is 0 Å². The van der Waals surface area contributed by atoms with Gasteiger partial charge in [-0.25, -0.2) is 9.59 Å². The number of aliphatic hydroxyl groups excluding tert-OH is 1. The van der Waals surface area contributed by atoms with Crippen molar-refractivity contribution >= 4 is 28.5 Å². The molecule has 2 aliphatic heterocycles. The van der Waals surface area contributed by atoms with E-state index in [1.807, 2.05) is 65.6 Å². The van der Waals surface area contributed by atoms with Crippen LogP contribution in [-0.4, -0.2) is 105 Å². The number of amides is 2. The lowest BCUT2D eigenvalue weighted by Crippen LogP contribution is -2.51. The molecule has 3 fully saturated rings. The number of aliphatic hydroxyl groups is 1. The number of methoxy groups -OCH3 is 1. The Hall–Kier alpha value is -4.14. The SMILES string of the molecule is CC[N+](CC)(CC)S(=O)(=O)N=C([O-])OC.O=C(OCc1ccccc1)N1C[C@@H]2CC=C[C@@H]2C1.O=C(OCc1ccccc1)N1C[C@@H]2CC[C@@H](O)[C@@H]2C1. The Kier molecular flexibility index (Phi) is 14.9. The van der Waals surface area contributed by atoms with Gasteiger partial charge in [-0.15, -0.1) is 8.42 Å². The number of rotatable bonds is 9. The van der Waals surface area contributed by atoms with Gasteiger partial charge in [0, 0.05) is 32.1 Å². The lowest BCUT2D eigenvalue weighted by Gasteiger charge is -2.31. The number of ether oxygens (including phenoxy) is 3. The second-order valence-electron chi connectivity index (χ2n) is 13.6. The Bertz CT molecular complexity index is 1590. The van der Waals surface area contributed by atoms with E-state index >= 15 is 0 Å². The molecule has 2 aromatic rings.